The van der Waals surface area contributed by atoms with E-state index in [1.54, 1.807) is 24.3 Å². The molecule has 1 aromatic carbocycles. The van der Waals surface area contributed by atoms with Crippen molar-refractivity contribution in [2.45, 2.75) is 26.8 Å². The predicted octanol–water partition coefficient (Wildman–Crippen LogP) is 1.97. The number of rotatable bonds is 4. The predicted molar refractivity (Wildman–Crippen MR) is 71.7 cm³/mol. The van der Waals surface area contributed by atoms with Gasteiger partial charge in [-0.05, 0) is 45.0 Å². The van der Waals surface area contributed by atoms with Gasteiger partial charge in [-0.1, -0.05) is 0 Å². The average Bonchev–Trinajstić information content (AvgIpc) is 2.29. The minimum absolute atomic E-state index is 0.0830. The molecule has 0 radical (unpaired) electrons. The van der Waals surface area contributed by atoms with E-state index in [4.69, 9.17) is 0 Å². The van der Waals surface area contributed by atoms with Gasteiger partial charge in [0.1, 0.15) is 0 Å². The summed E-state index contributed by atoms with van der Waals surface area (Å²) in [5, 5.41) is 8.12. The van der Waals surface area contributed by atoms with Crippen LogP contribution in [0.15, 0.2) is 24.3 Å². The molecule has 0 saturated heterocycles. The highest BCUT2D eigenvalue weighted by Crippen LogP contribution is 2.09. The molecular formula is C13H19N3O2. The summed E-state index contributed by atoms with van der Waals surface area (Å²) in [6.45, 7) is 6.23. The summed E-state index contributed by atoms with van der Waals surface area (Å²) in [4.78, 5) is 23.0. The number of nitrogens with one attached hydrogen (secondary N) is 3. The average molecular weight is 249 g/mol. The van der Waals surface area contributed by atoms with E-state index in [1.807, 2.05) is 20.8 Å². The van der Waals surface area contributed by atoms with Gasteiger partial charge in [0.15, 0.2) is 0 Å². The fourth-order valence-corrected chi connectivity index (χ4v) is 1.40. The maximum absolute atomic E-state index is 11.5. The molecule has 0 aliphatic heterocycles. The van der Waals surface area contributed by atoms with E-state index in [9.17, 15) is 9.59 Å². The lowest BCUT2D eigenvalue weighted by molar-refractivity contribution is 0.0956. The molecule has 18 heavy (non-hydrogen) atoms. The first kappa shape index (κ1) is 14.0. The molecule has 3 amide bonds. The first-order chi connectivity index (χ1) is 8.52. The molecule has 1 rings (SSSR count). The standard InChI is InChI=1S/C13H19N3O2/c1-4-14-12(17)10-5-7-11(8-6-10)16-13(18)15-9(2)3/h5-9H,4H2,1-3H3,(H,14,17)(H2,15,16,18). The number of benzene rings is 1. The molecule has 0 saturated carbocycles. The SMILES string of the molecule is CCNC(=O)c1ccc(NC(=O)NC(C)C)cc1. The number of carbonyl (C=O) groups is 2. The van der Waals surface area contributed by atoms with E-state index in [1.165, 1.54) is 0 Å². The van der Waals surface area contributed by atoms with Crippen molar-refractivity contribution in [2.75, 3.05) is 11.9 Å². The number of amides is 3. The van der Waals surface area contributed by atoms with Crippen LogP contribution in [-0.4, -0.2) is 24.5 Å². The van der Waals surface area contributed by atoms with Crippen molar-refractivity contribution in [3.8, 4) is 0 Å². The fourth-order valence-electron chi connectivity index (χ4n) is 1.40. The number of carbonyl (C=O) groups excluding carboxylic acids is 2. The smallest absolute Gasteiger partial charge is 0.319 e. The van der Waals surface area contributed by atoms with Gasteiger partial charge in [0.05, 0.1) is 0 Å². The van der Waals surface area contributed by atoms with Gasteiger partial charge in [-0.25, -0.2) is 4.79 Å². The van der Waals surface area contributed by atoms with Gasteiger partial charge >= 0.3 is 6.03 Å². The largest absolute Gasteiger partial charge is 0.352 e. The summed E-state index contributed by atoms with van der Waals surface area (Å²) in [7, 11) is 0. The quantitative estimate of drug-likeness (QED) is 0.763. The Kier molecular flexibility index (Phi) is 5.17. The Morgan fingerprint density at radius 2 is 1.78 bits per heavy atom. The van der Waals surface area contributed by atoms with E-state index >= 15 is 0 Å². The monoisotopic (exact) mass is 249 g/mol. The molecule has 0 heterocycles. The van der Waals surface area contributed by atoms with Gasteiger partial charge < -0.3 is 16.0 Å². The van der Waals surface area contributed by atoms with E-state index < -0.39 is 0 Å². The first-order valence-corrected chi connectivity index (χ1v) is 5.98. The minimum atomic E-state index is -0.254. The molecule has 0 fully saturated rings. The van der Waals surface area contributed by atoms with Gasteiger partial charge in [0, 0.05) is 23.8 Å². The lowest BCUT2D eigenvalue weighted by Gasteiger charge is -2.10. The van der Waals surface area contributed by atoms with Crippen molar-refractivity contribution in [1.82, 2.24) is 10.6 Å². The number of hydrogen-bond acceptors (Lipinski definition) is 2. The number of hydrogen-bond donors (Lipinski definition) is 3. The molecule has 0 aromatic heterocycles. The van der Waals surface area contributed by atoms with Crippen LogP contribution in [0.25, 0.3) is 0 Å². The highest BCUT2D eigenvalue weighted by atomic mass is 16.2. The fraction of sp³-hybridized carbons (Fsp3) is 0.385. The third kappa shape index (κ3) is 4.45. The Hall–Kier alpha value is -2.04. The molecule has 98 valence electrons. The summed E-state index contributed by atoms with van der Waals surface area (Å²) in [6.07, 6.45) is 0. The third-order valence-electron chi connectivity index (χ3n) is 2.16. The Morgan fingerprint density at radius 1 is 1.17 bits per heavy atom. The topological polar surface area (TPSA) is 70.2 Å². The summed E-state index contributed by atoms with van der Waals surface area (Å²) >= 11 is 0. The lowest BCUT2D eigenvalue weighted by atomic mass is 10.2. The second-order valence-electron chi connectivity index (χ2n) is 4.19. The summed E-state index contributed by atoms with van der Waals surface area (Å²) in [6, 6.07) is 6.58. The number of urea groups is 1. The summed E-state index contributed by atoms with van der Waals surface area (Å²) in [5.41, 5.74) is 1.23. The summed E-state index contributed by atoms with van der Waals surface area (Å²) < 4.78 is 0. The van der Waals surface area contributed by atoms with Gasteiger partial charge in [-0.2, -0.15) is 0 Å². The normalized spacial score (nSPS) is 10.0. The highest BCUT2D eigenvalue weighted by Gasteiger charge is 2.05. The van der Waals surface area contributed by atoms with Crippen LogP contribution in [0.2, 0.25) is 0 Å². The zero-order valence-corrected chi connectivity index (χ0v) is 10.9. The van der Waals surface area contributed by atoms with Crippen molar-refractivity contribution in [3.05, 3.63) is 29.8 Å². The lowest BCUT2D eigenvalue weighted by Crippen LogP contribution is -2.34. The van der Waals surface area contributed by atoms with Crippen LogP contribution in [0, 0.1) is 0 Å². The maximum atomic E-state index is 11.5. The van der Waals surface area contributed by atoms with Gasteiger partial charge in [0.2, 0.25) is 0 Å². The van der Waals surface area contributed by atoms with Crippen LogP contribution in [-0.2, 0) is 0 Å². The van der Waals surface area contributed by atoms with Crippen LogP contribution in [0.3, 0.4) is 0 Å². The van der Waals surface area contributed by atoms with Gasteiger partial charge in [0.25, 0.3) is 5.91 Å². The van der Waals surface area contributed by atoms with Crippen LogP contribution < -0.4 is 16.0 Å². The van der Waals surface area contributed by atoms with Gasteiger partial charge in [-0.15, -0.1) is 0 Å². The Bertz CT molecular complexity index is 413. The Labute approximate surface area is 107 Å². The molecule has 1 aromatic rings. The highest BCUT2D eigenvalue weighted by molar-refractivity contribution is 5.95. The molecular weight excluding hydrogens is 230 g/mol. The van der Waals surface area contributed by atoms with Crippen molar-refractivity contribution < 1.29 is 9.59 Å². The van der Waals surface area contributed by atoms with E-state index in [0.717, 1.165) is 0 Å². The van der Waals surface area contributed by atoms with Crippen LogP contribution in [0.5, 0.6) is 0 Å². The Balaban J connectivity index is 2.60. The molecule has 3 N–H and O–H groups in total. The van der Waals surface area contributed by atoms with E-state index in [0.29, 0.717) is 17.8 Å². The maximum Gasteiger partial charge on any atom is 0.319 e. The molecule has 0 bridgehead atoms. The van der Waals surface area contributed by atoms with Crippen molar-refractivity contribution in [3.63, 3.8) is 0 Å². The summed E-state index contributed by atoms with van der Waals surface area (Å²) in [5.74, 6) is -0.115. The molecule has 5 heteroatoms. The molecule has 0 aliphatic carbocycles. The van der Waals surface area contributed by atoms with Crippen molar-refractivity contribution >= 4 is 17.6 Å². The zero-order chi connectivity index (χ0) is 13.5. The first-order valence-electron chi connectivity index (χ1n) is 5.98. The van der Waals surface area contributed by atoms with Crippen LogP contribution >= 0.6 is 0 Å². The second kappa shape index (κ2) is 6.64. The molecule has 5 nitrogen and oxygen atoms in total. The number of anilines is 1. The molecule has 0 atom stereocenters. The van der Waals surface area contributed by atoms with E-state index in [2.05, 4.69) is 16.0 Å². The van der Waals surface area contributed by atoms with Crippen molar-refractivity contribution in [1.29, 1.82) is 0 Å². The second-order valence-corrected chi connectivity index (χ2v) is 4.19. The minimum Gasteiger partial charge on any atom is -0.352 e. The Morgan fingerprint density at radius 3 is 2.28 bits per heavy atom. The zero-order valence-electron chi connectivity index (χ0n) is 10.9. The van der Waals surface area contributed by atoms with Crippen LogP contribution in [0.4, 0.5) is 10.5 Å². The molecule has 0 spiro atoms. The molecule has 0 unspecified atom stereocenters. The van der Waals surface area contributed by atoms with Crippen LogP contribution in [0.1, 0.15) is 31.1 Å². The third-order valence-corrected chi connectivity index (χ3v) is 2.16. The molecule has 0 aliphatic rings. The van der Waals surface area contributed by atoms with Gasteiger partial charge in [-0.3, -0.25) is 4.79 Å². The van der Waals surface area contributed by atoms with Crippen molar-refractivity contribution in [2.24, 2.45) is 0 Å². The van der Waals surface area contributed by atoms with E-state index in [-0.39, 0.29) is 18.0 Å².